The fourth-order valence-electron chi connectivity index (χ4n) is 3.04. The van der Waals surface area contributed by atoms with Gasteiger partial charge in [0.25, 0.3) is 5.56 Å². The molecule has 0 aliphatic rings. The van der Waals surface area contributed by atoms with E-state index in [9.17, 15) is 9.59 Å². The van der Waals surface area contributed by atoms with Crippen molar-refractivity contribution >= 4 is 17.5 Å². The summed E-state index contributed by atoms with van der Waals surface area (Å²) in [6.07, 6.45) is 1.59. The van der Waals surface area contributed by atoms with Gasteiger partial charge in [0.1, 0.15) is 18.2 Å². The van der Waals surface area contributed by atoms with Crippen molar-refractivity contribution in [1.29, 1.82) is 0 Å². The molecule has 0 unspecified atom stereocenters. The number of nitrogens with one attached hydrogen (secondary N) is 2. The van der Waals surface area contributed by atoms with Crippen LogP contribution in [0.3, 0.4) is 0 Å². The van der Waals surface area contributed by atoms with Crippen LogP contribution in [0.25, 0.3) is 5.69 Å². The first-order valence-corrected chi connectivity index (χ1v) is 9.88. The van der Waals surface area contributed by atoms with Crippen LogP contribution >= 0.6 is 0 Å². The van der Waals surface area contributed by atoms with Gasteiger partial charge in [0, 0.05) is 31.1 Å². The maximum absolute atomic E-state index is 13.1. The third kappa shape index (κ3) is 5.39. The largest absolute Gasteiger partial charge is 0.492 e. The number of para-hydroxylation sites is 1. The lowest BCUT2D eigenvalue weighted by Gasteiger charge is -2.16. The monoisotopic (exact) mass is 422 g/mol. The molecule has 162 valence electrons. The normalized spacial score (nSPS) is 10.5. The predicted octanol–water partition coefficient (Wildman–Crippen LogP) is 1.95. The maximum atomic E-state index is 13.1. The number of nitrogens with zero attached hydrogens (tertiary/aromatic N) is 3. The average Bonchev–Trinajstić information content (AvgIpc) is 2.74. The predicted molar refractivity (Wildman–Crippen MR) is 119 cm³/mol. The van der Waals surface area contributed by atoms with Gasteiger partial charge in [0.15, 0.2) is 5.82 Å². The molecule has 0 saturated carbocycles. The fourth-order valence-corrected chi connectivity index (χ4v) is 3.04. The van der Waals surface area contributed by atoms with Gasteiger partial charge in [0.05, 0.1) is 12.2 Å². The summed E-state index contributed by atoms with van der Waals surface area (Å²) in [5, 5.41) is 5.76. The molecule has 2 aromatic heterocycles. The zero-order valence-electron chi connectivity index (χ0n) is 17.8. The maximum Gasteiger partial charge on any atom is 0.298 e. The number of anilines is 2. The third-order valence-corrected chi connectivity index (χ3v) is 4.64. The Hall–Kier alpha value is -3.88. The topological polar surface area (TPSA) is 124 Å². The molecule has 0 aliphatic heterocycles. The van der Waals surface area contributed by atoms with E-state index in [2.05, 4.69) is 20.6 Å². The Morgan fingerprint density at radius 2 is 1.97 bits per heavy atom. The fraction of sp³-hybridized carbons (Fsp3) is 0.273. The van der Waals surface area contributed by atoms with Crippen molar-refractivity contribution in [1.82, 2.24) is 19.9 Å². The molecule has 31 heavy (non-hydrogen) atoms. The highest BCUT2D eigenvalue weighted by molar-refractivity contribution is 5.73. The number of amides is 1. The van der Waals surface area contributed by atoms with E-state index in [-0.39, 0.29) is 23.1 Å². The van der Waals surface area contributed by atoms with Gasteiger partial charge in [-0.2, -0.15) is 0 Å². The van der Waals surface area contributed by atoms with Crippen LogP contribution < -0.4 is 26.7 Å². The number of pyridine rings is 1. The number of benzene rings is 1. The second-order valence-corrected chi connectivity index (χ2v) is 7.02. The number of hydrogen-bond donors (Lipinski definition) is 3. The number of carbonyl (C=O) groups is 1. The molecule has 0 radical (unpaired) electrons. The Kier molecular flexibility index (Phi) is 6.86. The van der Waals surface area contributed by atoms with Gasteiger partial charge in [-0.15, -0.1) is 0 Å². The Balaban J connectivity index is 1.82. The number of hydrogen-bond acceptors (Lipinski definition) is 7. The lowest BCUT2D eigenvalue weighted by Crippen LogP contribution is -2.28. The summed E-state index contributed by atoms with van der Waals surface area (Å²) in [6.45, 7) is 6.08. The molecule has 3 rings (SSSR count). The van der Waals surface area contributed by atoms with Crippen LogP contribution in [0.5, 0.6) is 5.75 Å². The second kappa shape index (κ2) is 9.75. The molecule has 0 atom stereocenters. The summed E-state index contributed by atoms with van der Waals surface area (Å²) in [4.78, 5) is 33.0. The van der Waals surface area contributed by atoms with Gasteiger partial charge < -0.3 is 21.1 Å². The molecule has 4 N–H and O–H groups in total. The number of ether oxygens (including phenoxy) is 1. The molecule has 0 fully saturated rings. The number of aromatic nitrogens is 3. The summed E-state index contributed by atoms with van der Waals surface area (Å²) in [6, 6.07) is 11.2. The van der Waals surface area contributed by atoms with E-state index in [1.807, 2.05) is 30.3 Å². The lowest BCUT2D eigenvalue weighted by atomic mass is 10.1. The van der Waals surface area contributed by atoms with Crippen LogP contribution in [0, 0.1) is 13.8 Å². The van der Waals surface area contributed by atoms with Crippen molar-refractivity contribution in [2.75, 3.05) is 24.2 Å². The zero-order valence-corrected chi connectivity index (χ0v) is 17.8. The van der Waals surface area contributed by atoms with E-state index in [0.717, 1.165) is 11.3 Å². The van der Waals surface area contributed by atoms with Crippen LogP contribution in [0.2, 0.25) is 0 Å². The summed E-state index contributed by atoms with van der Waals surface area (Å²) in [5.41, 5.74) is 8.30. The van der Waals surface area contributed by atoms with Crippen molar-refractivity contribution in [3.8, 4) is 11.4 Å². The summed E-state index contributed by atoms with van der Waals surface area (Å²) in [7, 11) is 0. The molecular formula is C22H26N6O3. The van der Waals surface area contributed by atoms with E-state index >= 15 is 0 Å². The molecule has 1 aromatic carbocycles. The molecule has 0 saturated heterocycles. The Labute approximate surface area is 180 Å². The van der Waals surface area contributed by atoms with E-state index in [4.69, 9.17) is 10.5 Å². The molecule has 3 aromatic rings. The first kappa shape index (κ1) is 21.8. The van der Waals surface area contributed by atoms with Crippen molar-refractivity contribution < 1.29 is 9.53 Å². The highest BCUT2D eigenvalue weighted by atomic mass is 16.5. The first-order valence-electron chi connectivity index (χ1n) is 9.88. The van der Waals surface area contributed by atoms with Gasteiger partial charge in [-0.05, 0) is 37.6 Å². The summed E-state index contributed by atoms with van der Waals surface area (Å²) in [5.74, 6) is 1.01. The number of nitrogen functional groups attached to an aromatic ring is 1. The van der Waals surface area contributed by atoms with Gasteiger partial charge in [-0.25, -0.2) is 9.97 Å². The van der Waals surface area contributed by atoms with Crippen molar-refractivity contribution in [3.05, 3.63) is 69.9 Å². The molecule has 2 heterocycles. The molecule has 9 heteroatoms. The minimum absolute atomic E-state index is 0.153. The van der Waals surface area contributed by atoms with E-state index in [1.54, 1.807) is 26.1 Å². The highest BCUT2D eigenvalue weighted by Crippen LogP contribution is 2.20. The molecular weight excluding hydrogens is 396 g/mol. The Bertz CT molecular complexity index is 1130. The van der Waals surface area contributed by atoms with Crippen LogP contribution in [-0.4, -0.2) is 33.6 Å². The van der Waals surface area contributed by atoms with Crippen LogP contribution in [0.15, 0.2) is 47.4 Å². The third-order valence-electron chi connectivity index (χ3n) is 4.64. The summed E-state index contributed by atoms with van der Waals surface area (Å²) >= 11 is 0. The quantitative estimate of drug-likeness (QED) is 0.474. The average molecular weight is 422 g/mol. The lowest BCUT2D eigenvalue weighted by molar-refractivity contribution is -0.119. The zero-order chi connectivity index (χ0) is 22.4. The van der Waals surface area contributed by atoms with Gasteiger partial charge in [0.2, 0.25) is 5.91 Å². The minimum atomic E-state index is -0.345. The van der Waals surface area contributed by atoms with Crippen LogP contribution in [-0.2, 0) is 11.3 Å². The summed E-state index contributed by atoms with van der Waals surface area (Å²) < 4.78 is 7.10. The number of nitrogens with two attached hydrogens (primary N) is 1. The van der Waals surface area contributed by atoms with Gasteiger partial charge in [-0.3, -0.25) is 14.2 Å². The van der Waals surface area contributed by atoms with Gasteiger partial charge in [-0.1, -0.05) is 18.2 Å². The van der Waals surface area contributed by atoms with Crippen LogP contribution in [0.4, 0.5) is 11.6 Å². The van der Waals surface area contributed by atoms with E-state index in [1.165, 1.54) is 11.5 Å². The number of aryl methyl sites for hydroxylation is 2. The minimum Gasteiger partial charge on any atom is -0.492 e. The highest BCUT2D eigenvalue weighted by Gasteiger charge is 2.15. The molecule has 0 aliphatic carbocycles. The number of carbonyl (C=O) groups excluding carboxylic acids is 1. The second-order valence-electron chi connectivity index (χ2n) is 7.02. The molecule has 0 bridgehead atoms. The Morgan fingerprint density at radius 3 is 2.68 bits per heavy atom. The van der Waals surface area contributed by atoms with Crippen molar-refractivity contribution in [2.45, 2.75) is 27.3 Å². The smallest absolute Gasteiger partial charge is 0.298 e. The molecule has 1 amide bonds. The Morgan fingerprint density at radius 1 is 1.23 bits per heavy atom. The molecule has 0 spiro atoms. The SMILES string of the molecule is CC(=O)NCc1cc(-n2c(C)cnc(NCCOc3ccccc3)c2=O)c(N)nc1C. The first-order chi connectivity index (χ1) is 14.9. The standard InChI is InChI=1S/C22H26N6O3/c1-14-12-26-21(24-9-10-31-18-7-5-4-6-8-18)22(30)28(14)19-11-17(13-25-16(3)29)15(2)27-20(19)23/h4-8,11-12H,9-10,13H2,1-3H3,(H2,23,27)(H,24,26)(H,25,29). The van der Waals surface area contributed by atoms with Crippen molar-refractivity contribution in [2.24, 2.45) is 0 Å². The van der Waals surface area contributed by atoms with Gasteiger partial charge >= 0.3 is 0 Å². The number of rotatable bonds is 8. The van der Waals surface area contributed by atoms with E-state index < -0.39 is 0 Å². The van der Waals surface area contributed by atoms with Crippen LogP contribution in [0.1, 0.15) is 23.9 Å². The van der Waals surface area contributed by atoms with Crippen molar-refractivity contribution in [3.63, 3.8) is 0 Å². The van der Waals surface area contributed by atoms with E-state index in [0.29, 0.717) is 36.8 Å². The molecule has 9 nitrogen and oxygen atoms in total.